The van der Waals surface area contributed by atoms with E-state index < -0.39 is 22.9 Å². The fourth-order valence-corrected chi connectivity index (χ4v) is 5.86. The minimum absolute atomic E-state index is 0.0161. The van der Waals surface area contributed by atoms with Crippen LogP contribution in [-0.4, -0.2) is 39.3 Å². The summed E-state index contributed by atoms with van der Waals surface area (Å²) < 4.78 is 0. The van der Waals surface area contributed by atoms with E-state index in [1.54, 1.807) is 19.9 Å². The molecule has 3 aliphatic rings. The SMILES string of the molecule is C=C[C@](C)(O)CC1=C(C(/C=C\C[C@](C)(C(=O)O)[C@H]2CCCC2=O)CO)C12CCCC2. The molecular weight excluding hydrogens is 380 g/mol. The molecule has 0 aromatic carbocycles. The first-order chi connectivity index (χ1) is 14.1. The Kier molecular flexibility index (Phi) is 6.45. The highest BCUT2D eigenvalue weighted by atomic mass is 16.4. The fourth-order valence-electron chi connectivity index (χ4n) is 5.86. The average Bonchev–Trinajstić information content (AvgIpc) is 3.07. The lowest BCUT2D eigenvalue weighted by Crippen LogP contribution is -2.37. The van der Waals surface area contributed by atoms with E-state index in [9.17, 15) is 24.9 Å². The number of carbonyl (C=O) groups is 2. The van der Waals surface area contributed by atoms with E-state index in [0.717, 1.165) is 32.1 Å². The van der Waals surface area contributed by atoms with Crippen LogP contribution >= 0.6 is 0 Å². The van der Waals surface area contributed by atoms with E-state index >= 15 is 0 Å². The lowest BCUT2D eigenvalue weighted by Gasteiger charge is -2.29. The molecule has 4 atom stereocenters. The lowest BCUT2D eigenvalue weighted by molar-refractivity contribution is -0.153. The monoisotopic (exact) mass is 416 g/mol. The molecule has 0 aliphatic heterocycles. The Bertz CT molecular complexity index is 768. The molecule has 0 heterocycles. The third kappa shape index (κ3) is 4.06. The van der Waals surface area contributed by atoms with Gasteiger partial charge in [0.2, 0.25) is 0 Å². The van der Waals surface area contributed by atoms with Gasteiger partial charge < -0.3 is 15.3 Å². The number of aliphatic carboxylic acids is 1. The lowest BCUT2D eigenvalue weighted by atomic mass is 9.73. The molecule has 0 aromatic rings. The number of Topliss-reactive ketones (excluding diaryl/α,β-unsaturated/α-hetero) is 1. The second-order valence-corrected chi connectivity index (χ2v) is 9.97. The van der Waals surface area contributed by atoms with Crippen molar-refractivity contribution in [2.75, 3.05) is 6.61 Å². The quantitative estimate of drug-likeness (QED) is 0.464. The number of rotatable bonds is 10. The highest BCUT2D eigenvalue weighted by Gasteiger charge is 2.56. The maximum atomic E-state index is 12.2. The molecule has 0 amide bonds. The zero-order valence-corrected chi connectivity index (χ0v) is 18.3. The van der Waals surface area contributed by atoms with Gasteiger partial charge in [0.15, 0.2) is 0 Å². The smallest absolute Gasteiger partial charge is 0.310 e. The zero-order chi connectivity index (χ0) is 22.2. The van der Waals surface area contributed by atoms with Gasteiger partial charge in [-0.3, -0.25) is 9.59 Å². The number of carboxylic acid groups (broad SMARTS) is 1. The van der Waals surface area contributed by atoms with Crippen LogP contribution in [0.2, 0.25) is 0 Å². The Balaban J connectivity index is 1.78. The fraction of sp³-hybridized carbons (Fsp3) is 0.680. The number of aliphatic hydroxyl groups excluding tert-OH is 1. The van der Waals surface area contributed by atoms with Crippen molar-refractivity contribution in [3.05, 3.63) is 36.0 Å². The predicted octanol–water partition coefficient (Wildman–Crippen LogP) is 4.20. The van der Waals surface area contributed by atoms with Gasteiger partial charge in [-0.2, -0.15) is 0 Å². The summed E-state index contributed by atoms with van der Waals surface area (Å²) in [5, 5.41) is 30.5. The van der Waals surface area contributed by atoms with Crippen molar-refractivity contribution in [3.63, 3.8) is 0 Å². The summed E-state index contributed by atoms with van der Waals surface area (Å²) in [5.41, 5.74) is 0.390. The van der Waals surface area contributed by atoms with Crippen molar-refractivity contribution in [1.29, 1.82) is 0 Å². The molecule has 5 nitrogen and oxygen atoms in total. The van der Waals surface area contributed by atoms with Gasteiger partial charge >= 0.3 is 5.97 Å². The van der Waals surface area contributed by atoms with Gasteiger partial charge in [0.05, 0.1) is 17.6 Å². The van der Waals surface area contributed by atoms with Crippen molar-refractivity contribution in [2.24, 2.45) is 22.7 Å². The molecule has 1 spiro atoms. The van der Waals surface area contributed by atoms with Crippen LogP contribution in [0.3, 0.4) is 0 Å². The van der Waals surface area contributed by atoms with Crippen LogP contribution in [0.4, 0.5) is 0 Å². The summed E-state index contributed by atoms with van der Waals surface area (Å²) in [6, 6.07) is 0. The van der Waals surface area contributed by atoms with E-state index in [0.29, 0.717) is 19.3 Å². The standard InChI is InChI=1S/C25H36O5/c1-4-23(2,30)15-19-21(25(19)13-5-6-14-25)17(16-26)9-8-12-24(3,22(28)29)18-10-7-11-20(18)27/h4,8-9,17-18,26,30H,1,5-7,10-16H2,2-3H3,(H,28,29)/b9-8-/t17?,18-,23-,24-/m0/s1. The second kappa shape index (κ2) is 8.43. The summed E-state index contributed by atoms with van der Waals surface area (Å²) in [5.74, 6) is -1.49. The van der Waals surface area contributed by atoms with E-state index in [1.165, 1.54) is 11.1 Å². The molecule has 0 bridgehead atoms. The Morgan fingerprint density at radius 3 is 2.47 bits per heavy atom. The first-order valence-electron chi connectivity index (χ1n) is 11.2. The van der Waals surface area contributed by atoms with Crippen molar-refractivity contribution in [2.45, 2.75) is 77.2 Å². The van der Waals surface area contributed by atoms with Gasteiger partial charge in [-0.05, 0) is 46.0 Å². The Labute approximate surface area is 179 Å². The summed E-state index contributed by atoms with van der Waals surface area (Å²) in [6.45, 7) is 7.12. The van der Waals surface area contributed by atoms with Crippen LogP contribution in [0, 0.1) is 22.7 Å². The predicted molar refractivity (Wildman–Crippen MR) is 116 cm³/mol. The third-order valence-corrected chi connectivity index (χ3v) is 7.83. The molecule has 166 valence electrons. The third-order valence-electron chi connectivity index (χ3n) is 7.83. The van der Waals surface area contributed by atoms with Crippen LogP contribution in [0.1, 0.15) is 71.6 Å². The summed E-state index contributed by atoms with van der Waals surface area (Å²) in [4.78, 5) is 24.2. The number of hydrogen-bond acceptors (Lipinski definition) is 4. The van der Waals surface area contributed by atoms with Crippen molar-refractivity contribution in [1.82, 2.24) is 0 Å². The number of allylic oxidation sites excluding steroid dienone is 1. The molecule has 1 unspecified atom stereocenters. The normalized spacial score (nSPS) is 28.0. The van der Waals surface area contributed by atoms with Crippen molar-refractivity contribution >= 4 is 11.8 Å². The maximum absolute atomic E-state index is 12.2. The first kappa shape index (κ1) is 23.0. The van der Waals surface area contributed by atoms with Crippen LogP contribution in [0.15, 0.2) is 36.0 Å². The minimum atomic E-state index is -1.11. The molecule has 0 aromatic heterocycles. The average molecular weight is 417 g/mol. The minimum Gasteiger partial charge on any atom is -0.481 e. The maximum Gasteiger partial charge on any atom is 0.310 e. The molecule has 3 aliphatic carbocycles. The second-order valence-electron chi connectivity index (χ2n) is 9.97. The first-order valence-corrected chi connectivity index (χ1v) is 11.2. The van der Waals surface area contributed by atoms with E-state index in [2.05, 4.69) is 6.58 Å². The number of hydrogen-bond donors (Lipinski definition) is 3. The van der Waals surface area contributed by atoms with Gasteiger partial charge in [-0.15, -0.1) is 6.58 Å². The molecule has 2 saturated carbocycles. The van der Waals surface area contributed by atoms with Crippen LogP contribution in [-0.2, 0) is 9.59 Å². The van der Waals surface area contributed by atoms with Gasteiger partial charge in [-0.25, -0.2) is 0 Å². The molecular formula is C25H36O5. The van der Waals surface area contributed by atoms with Crippen molar-refractivity contribution in [3.8, 4) is 0 Å². The zero-order valence-electron chi connectivity index (χ0n) is 18.3. The Morgan fingerprint density at radius 2 is 1.97 bits per heavy atom. The van der Waals surface area contributed by atoms with Crippen LogP contribution < -0.4 is 0 Å². The van der Waals surface area contributed by atoms with Crippen molar-refractivity contribution < 1.29 is 24.9 Å². The van der Waals surface area contributed by atoms with Gasteiger partial charge in [0.1, 0.15) is 5.78 Å². The number of carboxylic acids is 1. The molecule has 3 N–H and O–H groups in total. The van der Waals surface area contributed by atoms with E-state index in [1.807, 2.05) is 12.2 Å². The summed E-state index contributed by atoms with van der Waals surface area (Å²) >= 11 is 0. The molecule has 0 radical (unpaired) electrons. The molecule has 30 heavy (non-hydrogen) atoms. The number of aliphatic hydroxyl groups is 2. The summed E-state index contributed by atoms with van der Waals surface area (Å²) in [7, 11) is 0. The highest BCUT2D eigenvalue weighted by Crippen LogP contribution is 2.67. The van der Waals surface area contributed by atoms with Crippen LogP contribution in [0.5, 0.6) is 0 Å². The topological polar surface area (TPSA) is 94.8 Å². The molecule has 3 rings (SSSR count). The summed E-state index contributed by atoms with van der Waals surface area (Å²) in [6.07, 6.45) is 12.4. The largest absolute Gasteiger partial charge is 0.481 e. The van der Waals surface area contributed by atoms with E-state index in [-0.39, 0.29) is 30.1 Å². The van der Waals surface area contributed by atoms with Gasteiger partial charge in [0, 0.05) is 30.1 Å². The Hall–Kier alpha value is -1.72. The highest BCUT2D eigenvalue weighted by molar-refractivity contribution is 5.89. The molecule has 0 saturated heterocycles. The van der Waals surface area contributed by atoms with Crippen LogP contribution in [0.25, 0.3) is 0 Å². The van der Waals surface area contributed by atoms with Gasteiger partial charge in [-0.1, -0.05) is 42.2 Å². The number of ketones is 1. The number of carbonyl (C=O) groups excluding carboxylic acids is 1. The molecule has 5 heteroatoms. The van der Waals surface area contributed by atoms with Gasteiger partial charge in [0.25, 0.3) is 0 Å². The Morgan fingerprint density at radius 1 is 1.30 bits per heavy atom. The van der Waals surface area contributed by atoms with E-state index in [4.69, 9.17) is 0 Å². The molecule has 2 fully saturated rings.